The van der Waals surface area contributed by atoms with Gasteiger partial charge in [-0.05, 0) is 77.0 Å². The first-order valence-corrected chi connectivity index (χ1v) is 36.5. The fourth-order valence-corrected chi connectivity index (χ4v) is 11.1. The van der Waals surface area contributed by atoms with E-state index in [9.17, 15) is 14.4 Å². The van der Waals surface area contributed by atoms with E-state index < -0.39 is 6.10 Å². The summed E-state index contributed by atoms with van der Waals surface area (Å²) < 4.78 is 16.8. The summed E-state index contributed by atoms with van der Waals surface area (Å²) >= 11 is 0. The quantitative estimate of drug-likeness (QED) is 0.0261. The van der Waals surface area contributed by atoms with Gasteiger partial charge < -0.3 is 14.2 Å². The molecule has 0 saturated carbocycles. The number of hydrogen-bond acceptors (Lipinski definition) is 6. The van der Waals surface area contributed by atoms with E-state index >= 15 is 0 Å². The van der Waals surface area contributed by atoms with E-state index in [1.54, 1.807) is 0 Å². The van der Waals surface area contributed by atoms with Crippen LogP contribution in [0.15, 0.2) is 36.5 Å². The number of hydrogen-bond donors (Lipinski definition) is 0. The molecule has 0 N–H and O–H groups in total. The summed E-state index contributed by atoms with van der Waals surface area (Å²) in [6, 6.07) is 0. The van der Waals surface area contributed by atoms with E-state index in [1.165, 1.54) is 295 Å². The summed E-state index contributed by atoms with van der Waals surface area (Å²) in [5, 5.41) is 0. The third-order valence-corrected chi connectivity index (χ3v) is 16.6. The lowest BCUT2D eigenvalue weighted by molar-refractivity contribution is -0.167. The molecule has 6 heteroatoms. The summed E-state index contributed by atoms with van der Waals surface area (Å²) in [6.07, 6.45) is 88.2. The number of carbonyl (C=O) groups is 3. The van der Waals surface area contributed by atoms with Gasteiger partial charge in [-0.15, -0.1) is 0 Å². The van der Waals surface area contributed by atoms with Crippen LogP contribution in [0.5, 0.6) is 0 Å². The van der Waals surface area contributed by atoms with Crippen LogP contribution >= 0.6 is 0 Å². The molecule has 0 spiro atoms. The number of rotatable bonds is 68. The molecule has 0 aliphatic rings. The first-order valence-electron chi connectivity index (χ1n) is 36.5. The summed E-state index contributed by atoms with van der Waals surface area (Å²) in [6.45, 7) is 6.62. The van der Waals surface area contributed by atoms with Crippen LogP contribution in [0.4, 0.5) is 0 Å². The molecule has 0 heterocycles. The normalized spacial score (nSPS) is 12.2. The van der Waals surface area contributed by atoms with Gasteiger partial charge in [-0.1, -0.05) is 346 Å². The van der Waals surface area contributed by atoms with Crippen molar-refractivity contribution in [3.05, 3.63) is 36.5 Å². The second-order valence-corrected chi connectivity index (χ2v) is 24.9. The van der Waals surface area contributed by atoms with Crippen LogP contribution in [0.3, 0.4) is 0 Å². The number of unbranched alkanes of at least 4 members (excludes halogenated alkanes) is 51. The van der Waals surface area contributed by atoms with Crippen molar-refractivity contribution < 1.29 is 28.6 Å². The Morgan fingerprint density at radius 1 is 0.247 bits per heavy atom. The molecule has 0 aromatic carbocycles. The summed E-state index contributed by atoms with van der Waals surface area (Å²) in [5.41, 5.74) is 0. The fourth-order valence-electron chi connectivity index (χ4n) is 11.1. The molecule has 476 valence electrons. The lowest BCUT2D eigenvalue weighted by atomic mass is 10.0. The largest absolute Gasteiger partial charge is 0.462 e. The maximum atomic E-state index is 12.9. The van der Waals surface area contributed by atoms with Crippen LogP contribution in [0.25, 0.3) is 0 Å². The number of carbonyl (C=O) groups excluding carboxylic acids is 3. The monoisotopic (exact) mass is 1140 g/mol. The van der Waals surface area contributed by atoms with Crippen molar-refractivity contribution in [3.63, 3.8) is 0 Å². The summed E-state index contributed by atoms with van der Waals surface area (Å²) in [4.78, 5) is 38.0. The minimum absolute atomic E-state index is 0.0669. The maximum absolute atomic E-state index is 12.9. The highest BCUT2D eigenvalue weighted by atomic mass is 16.6. The third kappa shape index (κ3) is 68.3. The molecular weight excluding hydrogens is 997 g/mol. The Morgan fingerprint density at radius 2 is 0.444 bits per heavy atom. The van der Waals surface area contributed by atoms with Crippen molar-refractivity contribution >= 4 is 17.9 Å². The predicted molar refractivity (Wildman–Crippen MR) is 353 cm³/mol. The van der Waals surface area contributed by atoms with Crippen LogP contribution < -0.4 is 0 Å². The van der Waals surface area contributed by atoms with Gasteiger partial charge in [0.15, 0.2) is 6.10 Å². The zero-order chi connectivity index (χ0) is 58.5. The molecule has 0 aliphatic carbocycles. The van der Waals surface area contributed by atoms with Crippen LogP contribution in [-0.2, 0) is 28.6 Å². The van der Waals surface area contributed by atoms with Gasteiger partial charge in [0.1, 0.15) is 13.2 Å². The zero-order valence-corrected chi connectivity index (χ0v) is 54.8. The molecule has 0 bridgehead atoms. The van der Waals surface area contributed by atoms with Crippen molar-refractivity contribution in [2.45, 2.75) is 412 Å². The Hall–Kier alpha value is -2.37. The SMILES string of the molecule is CCCCCCC/C=C\C/C=C\CCCCCCCCCCCCCCCCCCCC(=O)OCC(COC(=O)CCCCCCC)OC(=O)CCCCCCCCCCCCCCCCCCC/C=C\CCCCCCCCCC. The molecular formula is C75H140O6. The van der Waals surface area contributed by atoms with Gasteiger partial charge in [-0.25, -0.2) is 0 Å². The van der Waals surface area contributed by atoms with Gasteiger partial charge >= 0.3 is 17.9 Å². The van der Waals surface area contributed by atoms with Crippen molar-refractivity contribution in [2.24, 2.45) is 0 Å². The molecule has 6 nitrogen and oxygen atoms in total. The van der Waals surface area contributed by atoms with Gasteiger partial charge in [0.05, 0.1) is 0 Å². The Kier molecular flexibility index (Phi) is 68.1. The Labute approximate surface area is 506 Å². The molecule has 0 fully saturated rings. The topological polar surface area (TPSA) is 78.9 Å². The second-order valence-electron chi connectivity index (χ2n) is 24.9. The molecule has 1 unspecified atom stereocenters. The third-order valence-electron chi connectivity index (χ3n) is 16.6. The molecule has 0 rings (SSSR count). The van der Waals surface area contributed by atoms with E-state index in [1.807, 2.05) is 0 Å². The molecule has 1 atom stereocenters. The van der Waals surface area contributed by atoms with Gasteiger partial charge in [0, 0.05) is 19.3 Å². The molecule has 0 amide bonds. The standard InChI is InChI=1S/C75H140O6/c1-4-7-10-13-15-17-19-21-23-25-27-29-31-33-35-37-39-41-43-45-47-49-51-53-55-57-59-62-65-68-74(77)80-71-72(70-79-73(76)67-64-61-12-9-6-3)81-75(78)69-66-63-60-58-56-54-52-50-48-46-44-42-40-38-36-34-32-30-28-26-24-22-20-18-16-14-11-8-5-2/h19,21,25-28,72H,4-18,20,22-24,29-71H2,1-3H3/b21-19-,27-25-,28-26-. The van der Waals surface area contributed by atoms with Crippen molar-refractivity contribution in [3.8, 4) is 0 Å². The van der Waals surface area contributed by atoms with Gasteiger partial charge in [-0.3, -0.25) is 14.4 Å². The Balaban J connectivity index is 3.91. The lowest BCUT2D eigenvalue weighted by Crippen LogP contribution is -2.30. The predicted octanol–water partition coefficient (Wildman–Crippen LogP) is 25.1. The smallest absolute Gasteiger partial charge is 0.306 e. The Morgan fingerprint density at radius 3 is 0.691 bits per heavy atom. The van der Waals surface area contributed by atoms with Crippen molar-refractivity contribution in [2.75, 3.05) is 13.2 Å². The lowest BCUT2D eigenvalue weighted by Gasteiger charge is -2.18. The first kappa shape index (κ1) is 78.6. The molecule has 0 aromatic heterocycles. The van der Waals surface area contributed by atoms with Gasteiger partial charge in [-0.2, -0.15) is 0 Å². The summed E-state index contributed by atoms with van der Waals surface area (Å²) in [7, 11) is 0. The highest BCUT2D eigenvalue weighted by Gasteiger charge is 2.19. The van der Waals surface area contributed by atoms with Crippen molar-refractivity contribution in [1.29, 1.82) is 0 Å². The van der Waals surface area contributed by atoms with Crippen molar-refractivity contribution in [1.82, 2.24) is 0 Å². The number of ether oxygens (including phenoxy) is 3. The first-order chi connectivity index (χ1) is 40.0. The summed E-state index contributed by atoms with van der Waals surface area (Å²) in [5.74, 6) is -0.854. The van der Waals surface area contributed by atoms with E-state index in [0.717, 1.165) is 70.6 Å². The molecule has 0 radical (unpaired) electrons. The highest BCUT2D eigenvalue weighted by Crippen LogP contribution is 2.19. The highest BCUT2D eigenvalue weighted by molar-refractivity contribution is 5.71. The number of allylic oxidation sites excluding steroid dienone is 6. The molecule has 0 aliphatic heterocycles. The second kappa shape index (κ2) is 70.1. The fraction of sp³-hybridized carbons (Fsp3) is 0.880. The Bertz CT molecular complexity index is 1350. The average molecular weight is 1140 g/mol. The van der Waals surface area contributed by atoms with Crippen LogP contribution in [0, 0.1) is 0 Å². The van der Waals surface area contributed by atoms with Gasteiger partial charge in [0.2, 0.25) is 0 Å². The minimum Gasteiger partial charge on any atom is -0.462 e. The van der Waals surface area contributed by atoms with Crippen LogP contribution in [-0.4, -0.2) is 37.2 Å². The molecule has 0 aromatic rings. The van der Waals surface area contributed by atoms with Crippen LogP contribution in [0.2, 0.25) is 0 Å². The maximum Gasteiger partial charge on any atom is 0.306 e. The molecule has 81 heavy (non-hydrogen) atoms. The van der Waals surface area contributed by atoms with Crippen LogP contribution in [0.1, 0.15) is 406 Å². The van der Waals surface area contributed by atoms with E-state index in [-0.39, 0.29) is 31.1 Å². The zero-order valence-electron chi connectivity index (χ0n) is 54.8. The van der Waals surface area contributed by atoms with E-state index in [4.69, 9.17) is 14.2 Å². The average Bonchev–Trinajstić information content (AvgIpc) is 3.47. The minimum atomic E-state index is -0.766. The number of esters is 3. The van der Waals surface area contributed by atoms with E-state index in [2.05, 4.69) is 57.2 Å². The van der Waals surface area contributed by atoms with E-state index in [0.29, 0.717) is 19.3 Å². The molecule has 0 saturated heterocycles. The van der Waals surface area contributed by atoms with Gasteiger partial charge in [0.25, 0.3) is 0 Å².